The van der Waals surface area contributed by atoms with Crippen LogP contribution in [0.5, 0.6) is 0 Å². The molecule has 9 nitrogen and oxygen atoms in total. The Balaban J connectivity index is 0.872. The molecule has 2 saturated carbocycles. The monoisotopic (exact) mass is 723 g/mol. The van der Waals surface area contributed by atoms with Gasteiger partial charge in [-0.05, 0) is 95.4 Å². The van der Waals surface area contributed by atoms with Gasteiger partial charge in [-0.3, -0.25) is 19.6 Å². The first-order chi connectivity index (χ1) is 26.3. The molecule has 3 heterocycles. The molecule has 2 N–H and O–H groups in total. The van der Waals surface area contributed by atoms with Crippen LogP contribution in [0.1, 0.15) is 69.9 Å². The fraction of sp³-hybridized carbons (Fsp3) is 0.400. The van der Waals surface area contributed by atoms with Gasteiger partial charge >= 0.3 is 6.09 Å². The lowest BCUT2D eigenvalue weighted by Gasteiger charge is -2.31. The molecule has 0 spiro atoms. The molecule has 9 heteroatoms. The molecular formula is C45H49N5O4. The first kappa shape index (κ1) is 35.7. The second kappa shape index (κ2) is 15.2. The number of methoxy groups -OCH3 is 1. The van der Waals surface area contributed by atoms with Crippen LogP contribution in [0, 0.1) is 29.6 Å². The second-order valence-electron chi connectivity index (χ2n) is 15.8. The minimum absolute atomic E-state index is 0.0140. The van der Waals surface area contributed by atoms with Gasteiger partial charge in [0.15, 0.2) is 0 Å². The molecular weight excluding hydrogens is 675 g/mol. The molecule has 3 aromatic carbocycles. The summed E-state index contributed by atoms with van der Waals surface area (Å²) in [6.45, 7) is 4.51. The van der Waals surface area contributed by atoms with Gasteiger partial charge in [-0.1, -0.05) is 80.6 Å². The minimum Gasteiger partial charge on any atom is -0.453 e. The molecule has 3 aliphatic heterocycles. The van der Waals surface area contributed by atoms with Gasteiger partial charge in [0.05, 0.1) is 13.2 Å². The number of hydrogen-bond acceptors (Lipinski definition) is 6. The average Bonchev–Trinajstić information content (AvgIpc) is 4.05. The van der Waals surface area contributed by atoms with E-state index >= 15 is 0 Å². The van der Waals surface area contributed by atoms with E-state index in [-0.39, 0.29) is 35.6 Å². The van der Waals surface area contributed by atoms with E-state index < -0.39 is 12.1 Å². The number of carbonyl (C=O) groups is 3. The molecule has 2 bridgehead atoms. The number of hydrogen-bond donors (Lipinski definition) is 2. The summed E-state index contributed by atoms with van der Waals surface area (Å²) in [4.78, 5) is 50.7. The number of fused-ring (bicyclic) bond motifs is 2. The summed E-state index contributed by atoms with van der Waals surface area (Å²) in [7, 11) is 1.31. The van der Waals surface area contributed by atoms with Crippen molar-refractivity contribution in [3.05, 3.63) is 102 Å². The van der Waals surface area contributed by atoms with Gasteiger partial charge < -0.3 is 20.3 Å². The number of nitrogens with zero attached hydrogens (tertiary/aromatic N) is 3. The van der Waals surface area contributed by atoms with Crippen LogP contribution in [0.4, 0.5) is 10.5 Å². The molecule has 3 amide bonds. The second-order valence-corrected chi connectivity index (χ2v) is 15.8. The van der Waals surface area contributed by atoms with Crippen molar-refractivity contribution in [2.45, 2.75) is 70.9 Å². The fourth-order valence-electron chi connectivity index (χ4n) is 9.56. The molecule has 1 saturated heterocycles. The number of para-hydroxylation sites is 1. The van der Waals surface area contributed by atoms with E-state index in [1.54, 1.807) is 0 Å². The zero-order valence-corrected chi connectivity index (χ0v) is 31.3. The van der Waals surface area contributed by atoms with E-state index in [4.69, 9.17) is 14.7 Å². The van der Waals surface area contributed by atoms with Crippen molar-refractivity contribution in [1.82, 2.24) is 10.2 Å². The number of aliphatic imine (C=N–C) groups is 2. The van der Waals surface area contributed by atoms with Gasteiger partial charge in [-0.15, -0.1) is 0 Å². The van der Waals surface area contributed by atoms with Crippen LogP contribution in [0.15, 0.2) is 101 Å². The highest BCUT2D eigenvalue weighted by Gasteiger charge is 2.53. The number of benzene rings is 3. The Morgan fingerprint density at radius 2 is 1.35 bits per heavy atom. The van der Waals surface area contributed by atoms with Crippen LogP contribution >= 0.6 is 0 Å². The zero-order valence-electron chi connectivity index (χ0n) is 31.3. The summed E-state index contributed by atoms with van der Waals surface area (Å²) in [5.74, 6) is 1.16. The molecule has 3 unspecified atom stereocenters. The Kier molecular flexibility index (Phi) is 10.1. The molecule has 6 atom stereocenters. The maximum atomic E-state index is 13.6. The van der Waals surface area contributed by atoms with E-state index in [0.29, 0.717) is 24.8 Å². The highest BCUT2D eigenvalue weighted by Crippen LogP contribution is 2.54. The standard InChI is InChI=1S/C45H49N5O4/c1-27(2)42(49-45(53)54-3)44(52)50-21-7-10-39(50)37-23-34(25-46-37)30-15-11-28(12-16-30)29-13-17-31(18-14-29)35-24-38(47-26-35)40-32-19-20-33(22-32)41(40)43(51)48-36-8-5-4-6-9-36/h4-6,8-9,11-18,25-27,32-33,39-42H,7,10,19-24H2,1-3H3,(H,48,51)(H,49,53)/t32?,33?,39-,40?,41-,42-/m0/s1. The predicted molar refractivity (Wildman–Crippen MR) is 214 cm³/mol. The topological polar surface area (TPSA) is 112 Å². The maximum Gasteiger partial charge on any atom is 0.407 e. The van der Waals surface area contributed by atoms with Crippen LogP contribution in [-0.4, -0.2) is 60.0 Å². The summed E-state index contributed by atoms with van der Waals surface area (Å²) in [5, 5.41) is 5.92. The van der Waals surface area contributed by atoms with Crippen molar-refractivity contribution in [1.29, 1.82) is 0 Å². The van der Waals surface area contributed by atoms with E-state index in [9.17, 15) is 14.4 Å². The van der Waals surface area contributed by atoms with Crippen molar-refractivity contribution < 1.29 is 19.1 Å². The summed E-state index contributed by atoms with van der Waals surface area (Å²) < 4.78 is 4.78. The average molecular weight is 724 g/mol. The predicted octanol–water partition coefficient (Wildman–Crippen LogP) is 8.40. The third kappa shape index (κ3) is 7.04. The van der Waals surface area contributed by atoms with Crippen molar-refractivity contribution in [3.63, 3.8) is 0 Å². The summed E-state index contributed by atoms with van der Waals surface area (Å²) in [6.07, 6.45) is 10.1. The van der Waals surface area contributed by atoms with Crippen LogP contribution in [-0.2, 0) is 14.3 Å². The number of rotatable bonds is 10. The van der Waals surface area contributed by atoms with Crippen LogP contribution < -0.4 is 10.6 Å². The quantitative estimate of drug-likeness (QED) is 0.219. The number of carbonyl (C=O) groups excluding carboxylic acids is 3. The van der Waals surface area contributed by atoms with Crippen molar-refractivity contribution in [2.24, 2.45) is 39.6 Å². The molecule has 278 valence electrons. The lowest BCUT2D eigenvalue weighted by molar-refractivity contribution is -0.134. The zero-order chi connectivity index (χ0) is 37.3. The third-order valence-corrected chi connectivity index (χ3v) is 12.3. The first-order valence-electron chi connectivity index (χ1n) is 19.5. The van der Waals surface area contributed by atoms with Crippen LogP contribution in [0.2, 0.25) is 0 Å². The number of anilines is 1. The van der Waals surface area contributed by atoms with E-state index in [1.165, 1.54) is 30.4 Å². The minimum atomic E-state index is -0.644. The van der Waals surface area contributed by atoms with Gasteiger partial charge in [-0.2, -0.15) is 0 Å². The third-order valence-electron chi connectivity index (χ3n) is 12.3. The van der Waals surface area contributed by atoms with E-state index in [2.05, 4.69) is 59.2 Å². The van der Waals surface area contributed by atoms with Crippen molar-refractivity contribution in [2.75, 3.05) is 19.0 Å². The lowest BCUT2D eigenvalue weighted by Crippen LogP contribution is -2.53. The Morgan fingerprint density at radius 3 is 1.98 bits per heavy atom. The smallest absolute Gasteiger partial charge is 0.407 e. The van der Waals surface area contributed by atoms with Gasteiger partial charge in [0.1, 0.15) is 6.04 Å². The lowest BCUT2D eigenvalue weighted by atomic mass is 9.75. The highest BCUT2D eigenvalue weighted by atomic mass is 16.5. The summed E-state index contributed by atoms with van der Waals surface area (Å²) >= 11 is 0. The Bertz CT molecular complexity index is 2030. The summed E-state index contributed by atoms with van der Waals surface area (Å²) in [6, 6.07) is 26.4. The normalized spacial score (nSPS) is 24.9. The van der Waals surface area contributed by atoms with Crippen molar-refractivity contribution >= 4 is 46.2 Å². The fourth-order valence-corrected chi connectivity index (χ4v) is 9.56. The number of nitrogens with one attached hydrogen (secondary N) is 2. The Hall–Kier alpha value is -5.31. The van der Waals surface area contributed by atoms with Crippen LogP contribution in [0.25, 0.3) is 22.3 Å². The Labute approximate surface area is 317 Å². The molecule has 3 aromatic rings. The van der Waals surface area contributed by atoms with Gasteiger partial charge in [0, 0.05) is 60.7 Å². The maximum absolute atomic E-state index is 13.6. The summed E-state index contributed by atoms with van der Waals surface area (Å²) in [5.41, 5.74) is 9.95. The van der Waals surface area contributed by atoms with Crippen molar-refractivity contribution in [3.8, 4) is 11.1 Å². The molecule has 3 fully saturated rings. The van der Waals surface area contributed by atoms with E-state index in [0.717, 1.165) is 65.8 Å². The number of ether oxygens (including phenoxy) is 1. The number of amides is 3. The van der Waals surface area contributed by atoms with Gasteiger partial charge in [0.2, 0.25) is 11.8 Å². The molecule has 0 aromatic heterocycles. The molecule has 54 heavy (non-hydrogen) atoms. The van der Waals surface area contributed by atoms with E-state index in [1.807, 2.05) is 61.5 Å². The van der Waals surface area contributed by atoms with Gasteiger partial charge in [-0.25, -0.2) is 4.79 Å². The molecule has 5 aliphatic rings. The number of alkyl carbamates (subject to hydrolysis) is 1. The van der Waals surface area contributed by atoms with Crippen LogP contribution in [0.3, 0.4) is 0 Å². The highest BCUT2D eigenvalue weighted by molar-refractivity contribution is 6.05. The first-order valence-corrected chi connectivity index (χ1v) is 19.5. The molecule has 8 rings (SSSR count). The van der Waals surface area contributed by atoms with Gasteiger partial charge in [0.25, 0.3) is 0 Å². The Morgan fingerprint density at radius 1 is 0.759 bits per heavy atom. The molecule has 2 aliphatic carbocycles. The molecule has 0 radical (unpaired) electrons. The number of allylic oxidation sites excluding steroid dienone is 2. The SMILES string of the molecule is COC(=O)N[C@H](C(=O)N1CCC[C@H]1C1=NC=C(c2ccc(-c3ccc(C4=CN=C(C5C6CCC(C6)[C@@H]5C(=O)Nc5ccccc5)C4)cc3)cc2)C1)C(C)C. The number of likely N-dealkylation sites (tertiary alicyclic amines) is 1. The largest absolute Gasteiger partial charge is 0.453 e.